The highest BCUT2D eigenvalue weighted by atomic mass is 16.1. The van der Waals surface area contributed by atoms with E-state index in [9.17, 15) is 4.79 Å². The molecule has 1 aromatic rings. The van der Waals surface area contributed by atoms with E-state index in [1.165, 1.54) is 19.3 Å². The van der Waals surface area contributed by atoms with Crippen molar-refractivity contribution in [3.8, 4) is 0 Å². The minimum Gasteiger partial charge on any atom is -0.371 e. The van der Waals surface area contributed by atoms with Crippen molar-refractivity contribution in [1.29, 1.82) is 0 Å². The fourth-order valence-corrected chi connectivity index (χ4v) is 2.67. The normalized spacial score (nSPS) is 20.4. The topological polar surface area (TPSA) is 20.3 Å². The van der Waals surface area contributed by atoms with Crippen molar-refractivity contribution in [3.63, 3.8) is 0 Å². The van der Waals surface area contributed by atoms with Crippen LogP contribution in [-0.4, -0.2) is 19.4 Å². The Labute approximate surface area is 104 Å². The van der Waals surface area contributed by atoms with Crippen molar-refractivity contribution in [2.75, 3.05) is 18.0 Å². The van der Waals surface area contributed by atoms with Crippen molar-refractivity contribution >= 4 is 12.0 Å². The van der Waals surface area contributed by atoms with E-state index in [1.807, 2.05) is 13.0 Å². The maximum atomic E-state index is 11.1. The van der Waals surface area contributed by atoms with E-state index in [0.717, 1.165) is 42.1 Å². The molecule has 1 aliphatic heterocycles. The van der Waals surface area contributed by atoms with Crippen molar-refractivity contribution in [1.82, 2.24) is 0 Å². The van der Waals surface area contributed by atoms with Crippen LogP contribution in [-0.2, 0) is 0 Å². The van der Waals surface area contributed by atoms with Gasteiger partial charge in [0.1, 0.15) is 0 Å². The van der Waals surface area contributed by atoms with Gasteiger partial charge in [0.2, 0.25) is 0 Å². The maximum absolute atomic E-state index is 11.1. The van der Waals surface area contributed by atoms with E-state index in [2.05, 4.69) is 24.0 Å². The number of hydrogen-bond donors (Lipinski definition) is 0. The number of anilines is 1. The largest absolute Gasteiger partial charge is 0.371 e. The summed E-state index contributed by atoms with van der Waals surface area (Å²) in [5.41, 5.74) is 3.10. The Balaban J connectivity index is 2.23. The molecular weight excluding hydrogens is 210 g/mol. The quantitative estimate of drug-likeness (QED) is 0.743. The Hall–Kier alpha value is -1.31. The molecule has 1 saturated heterocycles. The molecule has 2 heteroatoms. The van der Waals surface area contributed by atoms with Crippen molar-refractivity contribution in [2.24, 2.45) is 5.92 Å². The summed E-state index contributed by atoms with van der Waals surface area (Å²) in [5.74, 6) is 0.782. The molecule has 0 spiro atoms. The highest BCUT2D eigenvalue weighted by Gasteiger charge is 2.20. The van der Waals surface area contributed by atoms with Crippen LogP contribution in [0.15, 0.2) is 18.2 Å². The first-order valence-electron chi connectivity index (χ1n) is 6.55. The van der Waals surface area contributed by atoms with Crippen molar-refractivity contribution < 1.29 is 4.79 Å². The van der Waals surface area contributed by atoms with Crippen LogP contribution in [0.4, 0.5) is 5.69 Å². The van der Waals surface area contributed by atoms with Crippen LogP contribution in [0, 0.1) is 12.8 Å². The van der Waals surface area contributed by atoms with Crippen molar-refractivity contribution in [2.45, 2.75) is 33.1 Å². The molecule has 1 fully saturated rings. The third-order valence-corrected chi connectivity index (χ3v) is 3.75. The minimum absolute atomic E-state index is 0.782. The molecule has 1 atom stereocenters. The molecule has 2 nitrogen and oxygen atoms in total. The lowest BCUT2D eigenvalue weighted by Crippen LogP contribution is -2.35. The summed E-state index contributed by atoms with van der Waals surface area (Å²) >= 11 is 0. The molecule has 0 radical (unpaired) electrons. The predicted molar refractivity (Wildman–Crippen MR) is 71.8 cm³/mol. The van der Waals surface area contributed by atoms with Crippen LogP contribution in [0.2, 0.25) is 0 Å². The van der Waals surface area contributed by atoms with Crippen LogP contribution >= 0.6 is 0 Å². The summed E-state index contributed by atoms with van der Waals surface area (Å²) < 4.78 is 0. The molecule has 17 heavy (non-hydrogen) atoms. The molecule has 0 N–H and O–H groups in total. The highest BCUT2D eigenvalue weighted by molar-refractivity contribution is 5.85. The number of benzene rings is 1. The average molecular weight is 231 g/mol. The number of aldehydes is 1. The summed E-state index contributed by atoms with van der Waals surface area (Å²) in [6.07, 6.45) is 4.79. The van der Waals surface area contributed by atoms with Gasteiger partial charge in [0, 0.05) is 24.3 Å². The Kier molecular flexibility index (Phi) is 3.82. The first-order chi connectivity index (χ1) is 8.24. The zero-order chi connectivity index (χ0) is 12.3. The van der Waals surface area contributed by atoms with Crippen LogP contribution in [0.3, 0.4) is 0 Å². The number of carbonyl (C=O) groups excluding carboxylic acids is 1. The van der Waals surface area contributed by atoms with Crippen molar-refractivity contribution in [3.05, 3.63) is 29.3 Å². The first-order valence-corrected chi connectivity index (χ1v) is 6.55. The summed E-state index contributed by atoms with van der Waals surface area (Å²) in [7, 11) is 0. The Bertz CT molecular complexity index is 400. The second-order valence-electron chi connectivity index (χ2n) is 5.04. The standard InChI is InChI=1S/C15H21NO/c1-3-13-5-4-8-16(10-13)15-7-6-12(2)9-14(15)11-17/h6-7,9,11,13H,3-5,8,10H2,1-2H3. The molecule has 0 bridgehead atoms. The van der Waals surface area contributed by atoms with Gasteiger partial charge in [-0.25, -0.2) is 0 Å². The molecule has 92 valence electrons. The average Bonchev–Trinajstić information content (AvgIpc) is 2.38. The SMILES string of the molecule is CCC1CCCN(c2ccc(C)cc2C=O)C1. The number of rotatable bonds is 3. The highest BCUT2D eigenvalue weighted by Crippen LogP contribution is 2.27. The van der Waals surface area contributed by atoms with Gasteiger partial charge in [0.05, 0.1) is 0 Å². The lowest BCUT2D eigenvalue weighted by Gasteiger charge is -2.34. The Morgan fingerprint density at radius 2 is 2.29 bits per heavy atom. The number of nitrogens with zero attached hydrogens (tertiary/aromatic N) is 1. The fraction of sp³-hybridized carbons (Fsp3) is 0.533. The zero-order valence-corrected chi connectivity index (χ0v) is 10.8. The minimum atomic E-state index is 0.782. The lowest BCUT2D eigenvalue weighted by atomic mass is 9.94. The second-order valence-corrected chi connectivity index (χ2v) is 5.04. The molecule has 2 rings (SSSR count). The van der Waals surface area contributed by atoms with E-state index >= 15 is 0 Å². The van der Waals surface area contributed by atoms with Gasteiger partial charge in [-0.3, -0.25) is 4.79 Å². The molecule has 0 aromatic heterocycles. The van der Waals surface area contributed by atoms with Crippen LogP contribution < -0.4 is 4.90 Å². The lowest BCUT2D eigenvalue weighted by molar-refractivity contribution is 0.112. The van der Waals surface area contributed by atoms with Gasteiger partial charge in [0.15, 0.2) is 6.29 Å². The van der Waals surface area contributed by atoms with Gasteiger partial charge in [-0.2, -0.15) is 0 Å². The van der Waals surface area contributed by atoms with Gasteiger partial charge in [-0.15, -0.1) is 0 Å². The first kappa shape index (κ1) is 12.2. The third-order valence-electron chi connectivity index (χ3n) is 3.75. The zero-order valence-electron chi connectivity index (χ0n) is 10.8. The predicted octanol–water partition coefficient (Wildman–Crippen LogP) is 3.43. The molecule has 0 amide bonds. The number of carbonyl (C=O) groups is 1. The molecule has 0 saturated carbocycles. The van der Waals surface area contributed by atoms with Gasteiger partial charge in [-0.05, 0) is 37.8 Å². The Morgan fingerprint density at radius 1 is 1.47 bits per heavy atom. The summed E-state index contributed by atoms with van der Waals surface area (Å²) in [6.45, 7) is 6.46. The molecular formula is C15H21NO. The smallest absolute Gasteiger partial charge is 0.152 e. The second kappa shape index (κ2) is 5.35. The van der Waals surface area contributed by atoms with Gasteiger partial charge in [-0.1, -0.05) is 25.0 Å². The van der Waals surface area contributed by atoms with Crippen LogP contribution in [0.5, 0.6) is 0 Å². The molecule has 1 unspecified atom stereocenters. The van der Waals surface area contributed by atoms with Gasteiger partial charge in [0.25, 0.3) is 0 Å². The van der Waals surface area contributed by atoms with E-state index in [4.69, 9.17) is 0 Å². The number of aryl methyl sites for hydroxylation is 1. The van der Waals surface area contributed by atoms with Crippen LogP contribution in [0.1, 0.15) is 42.1 Å². The fourth-order valence-electron chi connectivity index (χ4n) is 2.67. The molecule has 0 aliphatic carbocycles. The van der Waals surface area contributed by atoms with Gasteiger partial charge >= 0.3 is 0 Å². The Morgan fingerprint density at radius 3 is 3.00 bits per heavy atom. The monoisotopic (exact) mass is 231 g/mol. The van der Waals surface area contributed by atoms with E-state index in [0.29, 0.717) is 0 Å². The summed E-state index contributed by atoms with van der Waals surface area (Å²) in [4.78, 5) is 13.5. The molecule has 1 aliphatic rings. The maximum Gasteiger partial charge on any atom is 0.152 e. The number of piperidine rings is 1. The van der Waals surface area contributed by atoms with E-state index in [-0.39, 0.29) is 0 Å². The molecule has 1 heterocycles. The summed E-state index contributed by atoms with van der Waals surface area (Å²) in [6, 6.07) is 6.17. The number of hydrogen-bond acceptors (Lipinski definition) is 2. The summed E-state index contributed by atoms with van der Waals surface area (Å²) in [5, 5.41) is 0. The van der Waals surface area contributed by atoms with E-state index < -0.39 is 0 Å². The van der Waals surface area contributed by atoms with Crippen LogP contribution in [0.25, 0.3) is 0 Å². The molecule has 1 aromatic carbocycles. The third kappa shape index (κ3) is 2.68. The van der Waals surface area contributed by atoms with Gasteiger partial charge < -0.3 is 4.90 Å². The van der Waals surface area contributed by atoms with E-state index in [1.54, 1.807) is 0 Å².